The summed E-state index contributed by atoms with van der Waals surface area (Å²) < 4.78 is 0. The third-order valence-corrected chi connectivity index (χ3v) is 2.82. The molecule has 0 bridgehead atoms. The van der Waals surface area contributed by atoms with E-state index in [1.54, 1.807) is 12.3 Å². The quantitative estimate of drug-likeness (QED) is 0.761. The first-order valence-corrected chi connectivity index (χ1v) is 5.51. The van der Waals surface area contributed by atoms with Gasteiger partial charge in [0.25, 0.3) is 0 Å². The molecule has 0 aliphatic carbocycles. The molecule has 1 atom stereocenters. The number of aromatic nitrogens is 1. The first-order valence-electron chi connectivity index (χ1n) is 5.51. The Labute approximate surface area is 89.9 Å². The molecule has 1 unspecified atom stereocenters. The number of ketones is 1. The van der Waals surface area contributed by atoms with Gasteiger partial charge in [-0.15, -0.1) is 0 Å². The standard InChI is InChI=1S/C12H16N2O/c15-12(11-5-1-2-7-14-11)8-10-4-3-6-13-9-10/h1-2,5,7,10,13H,3-4,6,8-9H2. The van der Waals surface area contributed by atoms with Crippen molar-refractivity contribution in [1.29, 1.82) is 0 Å². The highest BCUT2D eigenvalue weighted by Crippen LogP contribution is 2.16. The van der Waals surface area contributed by atoms with Gasteiger partial charge in [0.15, 0.2) is 5.78 Å². The molecule has 3 heteroatoms. The second kappa shape index (κ2) is 5.03. The molecule has 0 amide bonds. The molecule has 1 aromatic rings. The zero-order valence-corrected chi connectivity index (χ0v) is 8.78. The zero-order valence-electron chi connectivity index (χ0n) is 8.78. The number of nitrogens with zero attached hydrogens (tertiary/aromatic N) is 1. The zero-order chi connectivity index (χ0) is 10.5. The highest BCUT2D eigenvalue weighted by Gasteiger charge is 2.17. The summed E-state index contributed by atoms with van der Waals surface area (Å²) in [6.45, 7) is 2.06. The van der Waals surface area contributed by atoms with Gasteiger partial charge in [-0.25, -0.2) is 0 Å². The second-order valence-electron chi connectivity index (χ2n) is 4.05. The van der Waals surface area contributed by atoms with Crippen molar-refractivity contribution >= 4 is 5.78 Å². The van der Waals surface area contributed by atoms with Gasteiger partial charge in [0.05, 0.1) is 0 Å². The van der Waals surface area contributed by atoms with Crippen LogP contribution >= 0.6 is 0 Å². The predicted octanol–water partition coefficient (Wildman–Crippen LogP) is 1.65. The number of pyridine rings is 1. The van der Waals surface area contributed by atoms with Crippen molar-refractivity contribution in [2.24, 2.45) is 5.92 Å². The maximum atomic E-state index is 11.8. The van der Waals surface area contributed by atoms with Crippen molar-refractivity contribution in [2.45, 2.75) is 19.3 Å². The molecule has 1 N–H and O–H groups in total. The van der Waals surface area contributed by atoms with Gasteiger partial charge < -0.3 is 5.32 Å². The van der Waals surface area contributed by atoms with Gasteiger partial charge >= 0.3 is 0 Å². The van der Waals surface area contributed by atoms with Gasteiger partial charge in [-0.3, -0.25) is 9.78 Å². The molecule has 0 saturated carbocycles. The largest absolute Gasteiger partial charge is 0.316 e. The maximum Gasteiger partial charge on any atom is 0.181 e. The SMILES string of the molecule is O=C(CC1CCCNC1)c1ccccn1. The van der Waals surface area contributed by atoms with Crippen molar-refractivity contribution in [3.8, 4) is 0 Å². The molecule has 15 heavy (non-hydrogen) atoms. The van der Waals surface area contributed by atoms with E-state index in [9.17, 15) is 4.79 Å². The lowest BCUT2D eigenvalue weighted by atomic mass is 9.93. The van der Waals surface area contributed by atoms with E-state index in [4.69, 9.17) is 0 Å². The number of carbonyl (C=O) groups excluding carboxylic acids is 1. The fraction of sp³-hybridized carbons (Fsp3) is 0.500. The first kappa shape index (κ1) is 10.3. The fourth-order valence-electron chi connectivity index (χ4n) is 1.99. The van der Waals surface area contributed by atoms with Crippen molar-refractivity contribution in [3.05, 3.63) is 30.1 Å². The lowest BCUT2D eigenvalue weighted by Crippen LogP contribution is -2.31. The molecule has 1 saturated heterocycles. The minimum atomic E-state index is 0.171. The number of carbonyl (C=O) groups is 1. The Hall–Kier alpha value is -1.22. The van der Waals surface area contributed by atoms with Crippen LogP contribution in [-0.2, 0) is 0 Å². The van der Waals surface area contributed by atoms with Crippen LogP contribution in [0.1, 0.15) is 29.8 Å². The minimum Gasteiger partial charge on any atom is -0.316 e. The molecule has 2 heterocycles. The summed E-state index contributed by atoms with van der Waals surface area (Å²) in [5.74, 6) is 0.664. The van der Waals surface area contributed by atoms with E-state index >= 15 is 0 Å². The number of rotatable bonds is 3. The number of hydrogen-bond donors (Lipinski definition) is 1. The van der Waals surface area contributed by atoms with Crippen molar-refractivity contribution in [1.82, 2.24) is 10.3 Å². The second-order valence-corrected chi connectivity index (χ2v) is 4.05. The monoisotopic (exact) mass is 204 g/mol. The molecule has 0 radical (unpaired) electrons. The van der Waals surface area contributed by atoms with Crippen LogP contribution in [0.5, 0.6) is 0 Å². The summed E-state index contributed by atoms with van der Waals surface area (Å²) in [5, 5.41) is 3.32. The molecule has 1 aromatic heterocycles. The van der Waals surface area contributed by atoms with Gasteiger partial charge in [0, 0.05) is 12.6 Å². The van der Waals surface area contributed by atoms with E-state index in [1.807, 2.05) is 12.1 Å². The van der Waals surface area contributed by atoms with Gasteiger partial charge in [-0.2, -0.15) is 0 Å². The lowest BCUT2D eigenvalue weighted by Gasteiger charge is -2.21. The molecule has 80 valence electrons. The smallest absolute Gasteiger partial charge is 0.181 e. The fourth-order valence-corrected chi connectivity index (χ4v) is 1.99. The Morgan fingerprint density at radius 1 is 1.53 bits per heavy atom. The molecule has 2 rings (SSSR count). The molecule has 0 aromatic carbocycles. The van der Waals surface area contributed by atoms with Gasteiger partial charge in [-0.1, -0.05) is 6.07 Å². The summed E-state index contributed by atoms with van der Waals surface area (Å²) in [7, 11) is 0. The Morgan fingerprint density at radius 2 is 2.47 bits per heavy atom. The molecule has 1 fully saturated rings. The van der Waals surface area contributed by atoms with Gasteiger partial charge in [0.2, 0.25) is 0 Å². The number of nitrogens with one attached hydrogen (secondary N) is 1. The average Bonchev–Trinajstić information content (AvgIpc) is 2.31. The van der Waals surface area contributed by atoms with Gasteiger partial charge in [-0.05, 0) is 44.0 Å². The van der Waals surface area contributed by atoms with Crippen LogP contribution in [0.3, 0.4) is 0 Å². The van der Waals surface area contributed by atoms with E-state index in [0.29, 0.717) is 18.0 Å². The van der Waals surface area contributed by atoms with E-state index in [0.717, 1.165) is 19.5 Å². The van der Waals surface area contributed by atoms with E-state index in [1.165, 1.54) is 6.42 Å². The van der Waals surface area contributed by atoms with Crippen LogP contribution in [0.4, 0.5) is 0 Å². The molecular formula is C12H16N2O. The molecule has 1 aliphatic rings. The Balaban J connectivity index is 1.91. The molecule has 3 nitrogen and oxygen atoms in total. The van der Waals surface area contributed by atoms with Crippen LogP contribution < -0.4 is 5.32 Å². The van der Waals surface area contributed by atoms with Crippen LogP contribution in [0, 0.1) is 5.92 Å². The summed E-state index contributed by atoms with van der Waals surface area (Å²) in [4.78, 5) is 15.9. The maximum absolute atomic E-state index is 11.8. The molecule has 1 aliphatic heterocycles. The van der Waals surface area contributed by atoms with E-state index < -0.39 is 0 Å². The topological polar surface area (TPSA) is 42.0 Å². The third-order valence-electron chi connectivity index (χ3n) is 2.82. The van der Waals surface area contributed by atoms with Crippen molar-refractivity contribution in [3.63, 3.8) is 0 Å². The number of hydrogen-bond acceptors (Lipinski definition) is 3. The summed E-state index contributed by atoms with van der Waals surface area (Å²) in [6, 6.07) is 5.48. The molecule has 0 spiro atoms. The molecular weight excluding hydrogens is 188 g/mol. The summed E-state index contributed by atoms with van der Waals surface area (Å²) in [6.07, 6.45) is 4.64. The lowest BCUT2D eigenvalue weighted by molar-refractivity contribution is 0.0949. The predicted molar refractivity (Wildman–Crippen MR) is 58.8 cm³/mol. The normalized spacial score (nSPS) is 21.2. The van der Waals surface area contributed by atoms with Crippen LogP contribution in [0.25, 0.3) is 0 Å². The third kappa shape index (κ3) is 2.86. The number of Topliss-reactive ketones (excluding diaryl/α,β-unsaturated/α-hetero) is 1. The summed E-state index contributed by atoms with van der Waals surface area (Å²) in [5.41, 5.74) is 0.600. The minimum absolute atomic E-state index is 0.171. The highest BCUT2D eigenvalue weighted by atomic mass is 16.1. The average molecular weight is 204 g/mol. The van der Waals surface area contributed by atoms with E-state index in [2.05, 4.69) is 10.3 Å². The van der Waals surface area contributed by atoms with Crippen LogP contribution in [0.2, 0.25) is 0 Å². The van der Waals surface area contributed by atoms with Crippen molar-refractivity contribution < 1.29 is 4.79 Å². The summed E-state index contributed by atoms with van der Waals surface area (Å²) >= 11 is 0. The van der Waals surface area contributed by atoms with E-state index in [-0.39, 0.29) is 5.78 Å². The van der Waals surface area contributed by atoms with Crippen molar-refractivity contribution in [2.75, 3.05) is 13.1 Å². The van der Waals surface area contributed by atoms with Crippen LogP contribution in [0.15, 0.2) is 24.4 Å². The first-order chi connectivity index (χ1) is 7.36. The Kier molecular flexibility index (Phi) is 3.45. The Bertz CT molecular complexity index is 318. The van der Waals surface area contributed by atoms with Gasteiger partial charge in [0.1, 0.15) is 5.69 Å². The van der Waals surface area contributed by atoms with Crippen LogP contribution in [-0.4, -0.2) is 23.9 Å². The number of piperidine rings is 1. The highest BCUT2D eigenvalue weighted by molar-refractivity contribution is 5.94. The Morgan fingerprint density at radius 3 is 3.13 bits per heavy atom.